The van der Waals surface area contributed by atoms with Crippen LogP contribution in [0, 0.1) is 0 Å². The van der Waals surface area contributed by atoms with Crippen LogP contribution in [0.4, 0.5) is 0 Å². The van der Waals surface area contributed by atoms with Gasteiger partial charge in [0.05, 0.1) is 0 Å². The largest absolute Gasteiger partial charge is 0.489 e. The fourth-order valence-electron chi connectivity index (χ4n) is 3.29. The lowest BCUT2D eigenvalue weighted by Gasteiger charge is -2.17. The normalized spacial score (nSPS) is 14.9. The molecule has 0 saturated heterocycles. The van der Waals surface area contributed by atoms with E-state index in [1.807, 2.05) is 84.9 Å². The van der Waals surface area contributed by atoms with Crippen LogP contribution in [0.15, 0.2) is 84.4 Å². The molecular formula is C24H20O2. The van der Waals surface area contributed by atoms with E-state index in [1.54, 1.807) is 0 Å². The molecule has 0 N–H and O–H groups in total. The van der Waals surface area contributed by atoms with E-state index < -0.39 is 0 Å². The Morgan fingerprint density at radius 2 is 1.65 bits per heavy atom. The van der Waals surface area contributed by atoms with E-state index in [0.717, 1.165) is 46.4 Å². The summed E-state index contributed by atoms with van der Waals surface area (Å²) >= 11 is 0. The lowest BCUT2D eigenvalue weighted by molar-refractivity contribution is 0.102. The Kier molecular flexibility index (Phi) is 4.65. The number of Topliss-reactive ketones (excluding diaryl/α,β-unsaturated/α-hetero) is 1. The third-order valence-corrected chi connectivity index (χ3v) is 4.66. The lowest BCUT2D eigenvalue weighted by atomic mass is 9.86. The van der Waals surface area contributed by atoms with Crippen LogP contribution in [-0.2, 0) is 13.0 Å². The highest BCUT2D eigenvalue weighted by molar-refractivity contribution is 6.13. The van der Waals surface area contributed by atoms with Crippen molar-refractivity contribution in [2.45, 2.75) is 19.4 Å². The molecule has 0 fully saturated rings. The van der Waals surface area contributed by atoms with Crippen LogP contribution >= 0.6 is 0 Å². The van der Waals surface area contributed by atoms with Gasteiger partial charge in [0.25, 0.3) is 0 Å². The van der Waals surface area contributed by atoms with Crippen molar-refractivity contribution in [2.24, 2.45) is 0 Å². The average Bonchev–Trinajstić information content (AvgIpc) is 2.70. The Morgan fingerprint density at radius 3 is 2.54 bits per heavy atom. The van der Waals surface area contributed by atoms with Gasteiger partial charge in [-0.1, -0.05) is 66.7 Å². The maximum absolute atomic E-state index is 12.7. The van der Waals surface area contributed by atoms with Crippen molar-refractivity contribution in [2.75, 3.05) is 0 Å². The van der Waals surface area contributed by atoms with Gasteiger partial charge in [0.15, 0.2) is 5.78 Å². The van der Waals surface area contributed by atoms with Crippen molar-refractivity contribution < 1.29 is 9.53 Å². The maximum atomic E-state index is 12.7. The summed E-state index contributed by atoms with van der Waals surface area (Å²) in [4.78, 5) is 12.7. The first kappa shape index (κ1) is 16.3. The van der Waals surface area contributed by atoms with Gasteiger partial charge >= 0.3 is 0 Å². The average molecular weight is 340 g/mol. The molecule has 26 heavy (non-hydrogen) atoms. The Hall–Kier alpha value is -3.13. The maximum Gasteiger partial charge on any atom is 0.189 e. The summed E-state index contributed by atoms with van der Waals surface area (Å²) in [6, 6.07) is 25.9. The first-order valence-corrected chi connectivity index (χ1v) is 8.89. The molecule has 0 aliphatic heterocycles. The molecule has 4 rings (SSSR count). The minimum Gasteiger partial charge on any atom is -0.489 e. The van der Waals surface area contributed by atoms with E-state index in [2.05, 4.69) is 0 Å². The second-order valence-electron chi connectivity index (χ2n) is 6.50. The number of fused-ring (bicyclic) bond motifs is 1. The predicted molar refractivity (Wildman–Crippen MR) is 104 cm³/mol. The number of carbonyl (C=O) groups excluding carboxylic acids is 1. The number of allylic oxidation sites excluding steroid dienone is 1. The quantitative estimate of drug-likeness (QED) is 0.588. The minimum absolute atomic E-state index is 0.141. The summed E-state index contributed by atoms with van der Waals surface area (Å²) in [5, 5.41) is 0. The number of benzene rings is 3. The van der Waals surface area contributed by atoms with Crippen molar-refractivity contribution in [3.8, 4) is 5.75 Å². The molecule has 0 unspecified atom stereocenters. The molecule has 0 atom stereocenters. The number of hydrogen-bond donors (Lipinski definition) is 0. The summed E-state index contributed by atoms with van der Waals surface area (Å²) < 4.78 is 5.89. The minimum atomic E-state index is 0.141. The van der Waals surface area contributed by atoms with Gasteiger partial charge in [-0.2, -0.15) is 0 Å². The molecule has 3 aromatic rings. The van der Waals surface area contributed by atoms with Crippen molar-refractivity contribution in [1.82, 2.24) is 0 Å². The number of ether oxygens (including phenoxy) is 1. The number of aryl methyl sites for hydroxylation is 1. The van der Waals surface area contributed by atoms with Gasteiger partial charge in [0.2, 0.25) is 0 Å². The van der Waals surface area contributed by atoms with Gasteiger partial charge in [-0.3, -0.25) is 4.79 Å². The number of rotatable bonds is 4. The highest BCUT2D eigenvalue weighted by Gasteiger charge is 2.21. The summed E-state index contributed by atoms with van der Waals surface area (Å²) in [6.45, 7) is 0.535. The fourth-order valence-corrected chi connectivity index (χ4v) is 3.29. The first-order chi connectivity index (χ1) is 12.8. The standard InChI is InChI=1S/C24H20O2/c25-24-21(14-13-20-10-4-5-12-23(20)24)15-19-9-6-11-22(16-19)26-17-18-7-2-1-3-8-18/h1-12,15-16H,13-14,17H2/b21-15+. The van der Waals surface area contributed by atoms with Crippen LogP contribution in [0.1, 0.15) is 33.5 Å². The molecule has 0 radical (unpaired) electrons. The second kappa shape index (κ2) is 7.40. The van der Waals surface area contributed by atoms with Gasteiger partial charge in [-0.05, 0) is 47.7 Å². The smallest absolute Gasteiger partial charge is 0.189 e. The molecule has 0 aromatic heterocycles. The Morgan fingerprint density at radius 1 is 0.846 bits per heavy atom. The van der Waals surface area contributed by atoms with E-state index in [9.17, 15) is 4.79 Å². The van der Waals surface area contributed by atoms with Crippen LogP contribution in [0.25, 0.3) is 6.08 Å². The Labute approximate surface area is 153 Å². The van der Waals surface area contributed by atoms with Gasteiger partial charge < -0.3 is 4.74 Å². The highest BCUT2D eigenvalue weighted by Crippen LogP contribution is 2.27. The summed E-state index contributed by atoms with van der Waals surface area (Å²) in [6.07, 6.45) is 3.69. The van der Waals surface area contributed by atoms with Crippen LogP contribution < -0.4 is 4.74 Å². The molecule has 0 saturated carbocycles. The third kappa shape index (κ3) is 3.60. The SMILES string of the molecule is O=C1/C(=C/c2cccc(OCc3ccccc3)c2)CCc2ccccc21. The number of ketones is 1. The molecule has 2 heteroatoms. The van der Waals surface area contributed by atoms with E-state index >= 15 is 0 Å². The van der Waals surface area contributed by atoms with Crippen LogP contribution in [-0.4, -0.2) is 5.78 Å². The molecule has 128 valence electrons. The van der Waals surface area contributed by atoms with Crippen LogP contribution in [0.5, 0.6) is 5.75 Å². The zero-order valence-corrected chi connectivity index (χ0v) is 14.5. The van der Waals surface area contributed by atoms with Gasteiger partial charge in [-0.15, -0.1) is 0 Å². The van der Waals surface area contributed by atoms with E-state index in [-0.39, 0.29) is 5.78 Å². The summed E-state index contributed by atoms with van der Waals surface area (Å²) in [5.41, 5.74) is 4.98. The Balaban J connectivity index is 1.52. The first-order valence-electron chi connectivity index (χ1n) is 8.89. The molecule has 0 spiro atoms. The summed E-state index contributed by atoms with van der Waals surface area (Å²) in [7, 11) is 0. The molecule has 0 amide bonds. The number of hydrogen-bond acceptors (Lipinski definition) is 2. The van der Waals surface area contributed by atoms with Crippen molar-refractivity contribution in [3.63, 3.8) is 0 Å². The lowest BCUT2D eigenvalue weighted by Crippen LogP contribution is -2.13. The topological polar surface area (TPSA) is 26.3 Å². The molecule has 1 aliphatic rings. The van der Waals surface area contributed by atoms with Crippen molar-refractivity contribution in [3.05, 3.63) is 107 Å². The molecule has 1 aliphatic carbocycles. The predicted octanol–water partition coefficient (Wildman–Crippen LogP) is 5.48. The molecule has 0 heterocycles. The Bertz CT molecular complexity index is 955. The van der Waals surface area contributed by atoms with E-state index in [4.69, 9.17) is 4.74 Å². The summed E-state index contributed by atoms with van der Waals surface area (Å²) in [5.74, 6) is 0.953. The third-order valence-electron chi connectivity index (χ3n) is 4.66. The molecule has 0 bridgehead atoms. The van der Waals surface area contributed by atoms with Crippen molar-refractivity contribution >= 4 is 11.9 Å². The molecular weight excluding hydrogens is 320 g/mol. The monoisotopic (exact) mass is 340 g/mol. The molecule has 3 aromatic carbocycles. The zero-order chi connectivity index (χ0) is 17.8. The number of carbonyl (C=O) groups is 1. The van der Waals surface area contributed by atoms with Crippen molar-refractivity contribution in [1.29, 1.82) is 0 Å². The van der Waals surface area contributed by atoms with Gasteiger partial charge in [-0.25, -0.2) is 0 Å². The fraction of sp³-hybridized carbons (Fsp3) is 0.125. The van der Waals surface area contributed by atoms with E-state index in [1.165, 1.54) is 0 Å². The molecule has 2 nitrogen and oxygen atoms in total. The van der Waals surface area contributed by atoms with E-state index in [0.29, 0.717) is 6.61 Å². The van der Waals surface area contributed by atoms with Crippen LogP contribution in [0.2, 0.25) is 0 Å². The van der Waals surface area contributed by atoms with Gasteiger partial charge in [0.1, 0.15) is 12.4 Å². The van der Waals surface area contributed by atoms with Crippen LogP contribution in [0.3, 0.4) is 0 Å². The second-order valence-corrected chi connectivity index (χ2v) is 6.50. The zero-order valence-electron chi connectivity index (χ0n) is 14.5. The van der Waals surface area contributed by atoms with Gasteiger partial charge in [0, 0.05) is 11.1 Å². The highest BCUT2D eigenvalue weighted by atomic mass is 16.5.